The normalized spacial score (nSPS) is 16.6. The number of amides is 2. The Hall–Kier alpha value is -2.25. The number of hydrogen-bond acceptors (Lipinski definition) is 5. The summed E-state index contributed by atoms with van der Waals surface area (Å²) in [6.45, 7) is 4.65. The molecule has 7 heteroatoms. The first-order valence-corrected chi connectivity index (χ1v) is 9.18. The molecule has 2 N–H and O–H groups in total. The number of benzene rings is 1. The van der Waals surface area contributed by atoms with Crippen LogP contribution < -0.4 is 10.6 Å². The van der Waals surface area contributed by atoms with Crippen LogP contribution in [-0.4, -0.2) is 29.5 Å². The van der Waals surface area contributed by atoms with Gasteiger partial charge in [0.15, 0.2) is 5.13 Å². The van der Waals surface area contributed by atoms with Gasteiger partial charge in [-0.05, 0) is 44.4 Å². The van der Waals surface area contributed by atoms with E-state index in [-0.39, 0.29) is 11.8 Å². The maximum atomic E-state index is 12.4. The van der Waals surface area contributed by atoms with Crippen molar-refractivity contribution in [3.63, 3.8) is 0 Å². The summed E-state index contributed by atoms with van der Waals surface area (Å²) in [6.07, 6.45) is 2.06. The van der Waals surface area contributed by atoms with E-state index in [9.17, 15) is 9.59 Å². The van der Waals surface area contributed by atoms with Gasteiger partial charge in [-0.15, -0.1) is 11.3 Å². The van der Waals surface area contributed by atoms with Crippen molar-refractivity contribution in [2.24, 2.45) is 0 Å². The van der Waals surface area contributed by atoms with E-state index in [2.05, 4.69) is 15.6 Å². The number of rotatable bonds is 5. The van der Waals surface area contributed by atoms with E-state index in [1.54, 1.807) is 24.3 Å². The second kappa shape index (κ2) is 7.76. The fourth-order valence-electron chi connectivity index (χ4n) is 2.72. The Balaban J connectivity index is 1.67. The third-order valence-corrected chi connectivity index (χ3v) is 4.99. The number of thiazole rings is 1. The molecule has 1 atom stereocenters. The Morgan fingerprint density at radius 1 is 1.36 bits per heavy atom. The summed E-state index contributed by atoms with van der Waals surface area (Å²) in [4.78, 5) is 30.1. The summed E-state index contributed by atoms with van der Waals surface area (Å²) < 4.78 is 5.37. The number of ether oxygens (including phenoxy) is 1. The lowest BCUT2D eigenvalue weighted by Gasteiger charge is -2.11. The Labute approximate surface area is 150 Å². The molecular formula is C18H21N3O3S. The molecular weight excluding hydrogens is 338 g/mol. The molecule has 0 bridgehead atoms. The van der Waals surface area contributed by atoms with Crippen LogP contribution in [0.2, 0.25) is 0 Å². The van der Waals surface area contributed by atoms with Gasteiger partial charge in [-0.1, -0.05) is 13.0 Å². The molecule has 0 saturated carbocycles. The van der Waals surface area contributed by atoms with Gasteiger partial charge in [0, 0.05) is 22.7 Å². The van der Waals surface area contributed by atoms with Crippen molar-refractivity contribution >= 4 is 34.0 Å². The second-order valence-corrected chi connectivity index (χ2v) is 7.10. The van der Waals surface area contributed by atoms with Crippen LogP contribution in [0.1, 0.15) is 40.7 Å². The smallest absolute Gasteiger partial charge is 0.257 e. The number of anilines is 2. The SMILES string of the molecule is CCc1nc(NC(=O)c2cccc(NC(=O)[C@@H]3CCCO3)c2)sc1C. The van der Waals surface area contributed by atoms with E-state index < -0.39 is 6.10 Å². The zero-order valence-corrected chi connectivity index (χ0v) is 15.1. The van der Waals surface area contributed by atoms with Crippen LogP contribution in [0.15, 0.2) is 24.3 Å². The number of aryl methyl sites for hydroxylation is 2. The van der Waals surface area contributed by atoms with Crippen LogP contribution in [0.3, 0.4) is 0 Å². The van der Waals surface area contributed by atoms with Crippen molar-refractivity contribution in [3.8, 4) is 0 Å². The molecule has 0 radical (unpaired) electrons. The Morgan fingerprint density at radius 2 is 2.20 bits per heavy atom. The van der Waals surface area contributed by atoms with Gasteiger partial charge in [0.25, 0.3) is 11.8 Å². The van der Waals surface area contributed by atoms with Gasteiger partial charge >= 0.3 is 0 Å². The first-order chi connectivity index (χ1) is 12.1. The molecule has 132 valence electrons. The maximum Gasteiger partial charge on any atom is 0.257 e. The molecule has 1 aliphatic heterocycles. The van der Waals surface area contributed by atoms with Crippen molar-refractivity contribution in [2.45, 2.75) is 39.2 Å². The maximum absolute atomic E-state index is 12.4. The number of nitrogens with zero attached hydrogens (tertiary/aromatic N) is 1. The minimum Gasteiger partial charge on any atom is -0.368 e. The molecule has 3 rings (SSSR count). The summed E-state index contributed by atoms with van der Waals surface area (Å²) in [6, 6.07) is 6.86. The average molecular weight is 359 g/mol. The van der Waals surface area contributed by atoms with Crippen LogP contribution in [-0.2, 0) is 16.0 Å². The summed E-state index contributed by atoms with van der Waals surface area (Å²) in [5, 5.41) is 6.22. The molecule has 1 saturated heterocycles. The lowest BCUT2D eigenvalue weighted by Crippen LogP contribution is -2.27. The van der Waals surface area contributed by atoms with Gasteiger partial charge in [0.2, 0.25) is 0 Å². The number of aromatic nitrogens is 1. The predicted molar refractivity (Wildman–Crippen MR) is 98.2 cm³/mol. The van der Waals surface area contributed by atoms with Crippen LogP contribution in [0.5, 0.6) is 0 Å². The highest BCUT2D eigenvalue weighted by molar-refractivity contribution is 7.15. The first kappa shape index (κ1) is 17.6. The first-order valence-electron chi connectivity index (χ1n) is 8.37. The molecule has 0 unspecified atom stereocenters. The molecule has 1 aromatic heterocycles. The Morgan fingerprint density at radius 3 is 2.88 bits per heavy atom. The van der Waals surface area contributed by atoms with Crippen molar-refractivity contribution < 1.29 is 14.3 Å². The molecule has 0 spiro atoms. The molecule has 1 fully saturated rings. The lowest BCUT2D eigenvalue weighted by atomic mass is 10.1. The van der Waals surface area contributed by atoms with Crippen LogP contribution >= 0.6 is 11.3 Å². The molecule has 6 nitrogen and oxygen atoms in total. The van der Waals surface area contributed by atoms with E-state index in [4.69, 9.17) is 4.74 Å². The molecule has 2 amide bonds. The van der Waals surface area contributed by atoms with Crippen LogP contribution in [0.25, 0.3) is 0 Å². The topological polar surface area (TPSA) is 80.3 Å². The van der Waals surface area contributed by atoms with Gasteiger partial charge in [-0.25, -0.2) is 4.98 Å². The molecule has 2 heterocycles. The van der Waals surface area contributed by atoms with E-state index in [0.717, 1.165) is 29.8 Å². The number of carbonyl (C=O) groups excluding carboxylic acids is 2. The Bertz CT molecular complexity index is 782. The van der Waals surface area contributed by atoms with Gasteiger partial charge < -0.3 is 10.1 Å². The number of nitrogens with one attached hydrogen (secondary N) is 2. The minimum absolute atomic E-state index is 0.168. The number of carbonyl (C=O) groups is 2. The highest BCUT2D eigenvalue weighted by Gasteiger charge is 2.23. The highest BCUT2D eigenvalue weighted by Crippen LogP contribution is 2.23. The third kappa shape index (κ3) is 4.24. The van der Waals surface area contributed by atoms with Gasteiger partial charge in [-0.2, -0.15) is 0 Å². The molecule has 1 aromatic carbocycles. The summed E-state index contributed by atoms with van der Waals surface area (Å²) >= 11 is 1.46. The van der Waals surface area contributed by atoms with Crippen molar-refractivity contribution in [1.82, 2.24) is 4.98 Å². The quantitative estimate of drug-likeness (QED) is 0.857. The Kier molecular flexibility index (Phi) is 5.45. The van der Waals surface area contributed by atoms with E-state index >= 15 is 0 Å². The predicted octanol–water partition coefficient (Wildman–Crippen LogP) is 3.38. The highest BCUT2D eigenvalue weighted by atomic mass is 32.1. The third-order valence-electron chi connectivity index (χ3n) is 4.06. The zero-order chi connectivity index (χ0) is 17.8. The van der Waals surface area contributed by atoms with E-state index in [1.807, 2.05) is 13.8 Å². The van der Waals surface area contributed by atoms with Crippen molar-refractivity contribution in [3.05, 3.63) is 40.4 Å². The minimum atomic E-state index is -0.400. The van der Waals surface area contributed by atoms with E-state index in [1.165, 1.54) is 11.3 Å². The van der Waals surface area contributed by atoms with E-state index in [0.29, 0.717) is 23.0 Å². The molecule has 1 aliphatic rings. The average Bonchev–Trinajstić information content (AvgIpc) is 3.24. The van der Waals surface area contributed by atoms with Crippen molar-refractivity contribution in [2.75, 3.05) is 17.2 Å². The van der Waals surface area contributed by atoms with Crippen molar-refractivity contribution in [1.29, 1.82) is 0 Å². The molecule has 2 aromatic rings. The second-order valence-electron chi connectivity index (χ2n) is 5.90. The summed E-state index contributed by atoms with van der Waals surface area (Å²) in [5.41, 5.74) is 2.05. The largest absolute Gasteiger partial charge is 0.368 e. The monoisotopic (exact) mass is 359 g/mol. The number of hydrogen-bond donors (Lipinski definition) is 2. The molecule has 25 heavy (non-hydrogen) atoms. The summed E-state index contributed by atoms with van der Waals surface area (Å²) in [7, 11) is 0. The van der Waals surface area contributed by atoms with Crippen LogP contribution in [0.4, 0.5) is 10.8 Å². The zero-order valence-electron chi connectivity index (χ0n) is 14.3. The standard InChI is InChI=1S/C18H21N3O3S/c1-3-14-11(2)25-18(20-14)21-16(22)12-6-4-7-13(10-12)19-17(23)15-8-5-9-24-15/h4,6-7,10,15H,3,5,8-9H2,1-2H3,(H,19,23)(H,20,21,22)/t15-/m0/s1. The van der Waals surface area contributed by atoms with Gasteiger partial charge in [-0.3, -0.25) is 14.9 Å². The fourth-order valence-corrected chi connectivity index (χ4v) is 3.62. The van der Waals surface area contributed by atoms with Gasteiger partial charge in [0.1, 0.15) is 6.10 Å². The van der Waals surface area contributed by atoms with Crippen LogP contribution in [0, 0.1) is 6.92 Å². The lowest BCUT2D eigenvalue weighted by molar-refractivity contribution is -0.124. The fraction of sp³-hybridized carbons (Fsp3) is 0.389. The summed E-state index contributed by atoms with van der Waals surface area (Å²) in [5.74, 6) is -0.414. The van der Waals surface area contributed by atoms with Gasteiger partial charge in [0.05, 0.1) is 5.69 Å². The molecule has 0 aliphatic carbocycles.